The van der Waals surface area contributed by atoms with Gasteiger partial charge < -0.3 is 9.64 Å². The molecule has 1 unspecified atom stereocenters. The van der Waals surface area contributed by atoms with E-state index in [-0.39, 0.29) is 6.61 Å². The van der Waals surface area contributed by atoms with E-state index >= 15 is 0 Å². The van der Waals surface area contributed by atoms with E-state index in [1.807, 2.05) is 0 Å². The van der Waals surface area contributed by atoms with Crippen LogP contribution in [-0.4, -0.2) is 85.0 Å². The molecule has 4 nitrogen and oxygen atoms in total. The maximum absolute atomic E-state index is 12.7. The van der Waals surface area contributed by atoms with E-state index in [0.717, 1.165) is 37.9 Å². The summed E-state index contributed by atoms with van der Waals surface area (Å²) < 4.78 is 53.9. The number of aliphatic imine (C=N–C) groups is 1. The van der Waals surface area contributed by atoms with Gasteiger partial charge in [0.25, 0.3) is 0 Å². The third-order valence-corrected chi connectivity index (χ3v) is 4.75. The van der Waals surface area contributed by atoms with E-state index in [1.54, 1.807) is 11.8 Å². The van der Waals surface area contributed by atoms with Crippen LogP contribution < -0.4 is 0 Å². The lowest BCUT2D eigenvalue weighted by Crippen LogP contribution is -2.48. The summed E-state index contributed by atoms with van der Waals surface area (Å²) in [5, 5.41) is 1.61. The summed E-state index contributed by atoms with van der Waals surface area (Å²) in [4.78, 5) is 8.81. The maximum atomic E-state index is 12.7. The highest BCUT2D eigenvalue weighted by Gasteiger charge is 2.40. The van der Waals surface area contributed by atoms with Crippen molar-refractivity contribution in [3.05, 3.63) is 0 Å². The molecule has 0 aromatic carbocycles. The van der Waals surface area contributed by atoms with Crippen molar-refractivity contribution in [3.63, 3.8) is 0 Å². The minimum absolute atomic E-state index is 0.0367. The summed E-state index contributed by atoms with van der Waals surface area (Å²) in [5.41, 5.74) is 0. The van der Waals surface area contributed by atoms with Gasteiger partial charge in [0, 0.05) is 38.0 Å². The highest BCUT2D eigenvalue weighted by Crippen LogP contribution is 2.24. The number of alkyl halides is 4. The van der Waals surface area contributed by atoms with E-state index in [9.17, 15) is 17.6 Å². The van der Waals surface area contributed by atoms with Crippen LogP contribution in [0.4, 0.5) is 17.6 Å². The maximum Gasteiger partial charge on any atom is 0.330 e. The standard InChI is InChI=1S/C13H21F4N3OS/c1-10-8-18-12(22-10)20-4-2-19(3-5-20)6-7-21-9-13(16,17)11(14)15/h10-11H,2-9H2,1H3. The van der Waals surface area contributed by atoms with Crippen LogP contribution in [0.5, 0.6) is 0 Å². The van der Waals surface area contributed by atoms with E-state index in [4.69, 9.17) is 4.74 Å². The van der Waals surface area contributed by atoms with Gasteiger partial charge in [0.05, 0.1) is 13.2 Å². The number of ether oxygens (including phenoxy) is 1. The van der Waals surface area contributed by atoms with Crippen LogP contribution in [0, 0.1) is 0 Å². The van der Waals surface area contributed by atoms with Crippen LogP contribution in [0.2, 0.25) is 0 Å². The van der Waals surface area contributed by atoms with Gasteiger partial charge in [0.2, 0.25) is 0 Å². The molecule has 0 saturated carbocycles. The van der Waals surface area contributed by atoms with Crippen LogP contribution in [0.25, 0.3) is 0 Å². The molecule has 1 atom stereocenters. The number of piperazine rings is 1. The van der Waals surface area contributed by atoms with Gasteiger partial charge in [-0.2, -0.15) is 8.78 Å². The smallest absolute Gasteiger partial charge is 0.330 e. The van der Waals surface area contributed by atoms with Crippen molar-refractivity contribution >= 4 is 16.9 Å². The Balaban J connectivity index is 1.60. The number of nitrogens with zero attached hydrogens (tertiary/aromatic N) is 3. The van der Waals surface area contributed by atoms with Crippen LogP contribution >= 0.6 is 11.8 Å². The van der Waals surface area contributed by atoms with Crippen molar-refractivity contribution in [1.29, 1.82) is 0 Å². The van der Waals surface area contributed by atoms with Crippen LogP contribution in [0.3, 0.4) is 0 Å². The third kappa shape index (κ3) is 4.99. The quantitative estimate of drug-likeness (QED) is 0.545. The average molecular weight is 343 g/mol. The van der Waals surface area contributed by atoms with Crippen LogP contribution in [0.15, 0.2) is 4.99 Å². The van der Waals surface area contributed by atoms with Crippen LogP contribution in [-0.2, 0) is 4.74 Å². The van der Waals surface area contributed by atoms with Gasteiger partial charge in [-0.05, 0) is 0 Å². The Kier molecular flexibility index (Phi) is 6.34. The van der Waals surface area contributed by atoms with Gasteiger partial charge in [0.15, 0.2) is 5.17 Å². The molecular formula is C13H21F4N3OS. The molecule has 0 radical (unpaired) electrons. The third-order valence-electron chi connectivity index (χ3n) is 3.60. The van der Waals surface area contributed by atoms with Crippen molar-refractivity contribution in [2.24, 2.45) is 4.99 Å². The second kappa shape index (κ2) is 7.83. The average Bonchev–Trinajstić information content (AvgIpc) is 2.91. The van der Waals surface area contributed by atoms with Crippen molar-refractivity contribution in [2.75, 3.05) is 52.5 Å². The minimum Gasteiger partial charge on any atom is -0.374 e. The monoisotopic (exact) mass is 343 g/mol. The molecule has 0 spiro atoms. The fraction of sp³-hybridized carbons (Fsp3) is 0.923. The number of halogens is 4. The fourth-order valence-electron chi connectivity index (χ4n) is 2.26. The second-order valence-electron chi connectivity index (χ2n) is 5.49. The Bertz CT molecular complexity index is 389. The number of amidine groups is 1. The first-order chi connectivity index (χ1) is 10.4. The van der Waals surface area contributed by atoms with Crippen molar-refractivity contribution < 1.29 is 22.3 Å². The van der Waals surface area contributed by atoms with Crippen molar-refractivity contribution in [2.45, 2.75) is 24.5 Å². The largest absolute Gasteiger partial charge is 0.374 e. The van der Waals surface area contributed by atoms with E-state index < -0.39 is 19.0 Å². The Morgan fingerprint density at radius 2 is 2.00 bits per heavy atom. The number of thioether (sulfide) groups is 1. The number of hydrogen-bond donors (Lipinski definition) is 0. The second-order valence-corrected chi connectivity index (χ2v) is 6.90. The predicted molar refractivity (Wildman–Crippen MR) is 79.1 cm³/mol. The molecule has 22 heavy (non-hydrogen) atoms. The molecule has 0 amide bonds. The van der Waals surface area contributed by atoms with Gasteiger partial charge >= 0.3 is 12.3 Å². The van der Waals surface area contributed by atoms with Gasteiger partial charge in [-0.1, -0.05) is 18.7 Å². The molecule has 0 aliphatic carbocycles. The lowest BCUT2D eigenvalue weighted by Gasteiger charge is -2.35. The molecule has 9 heteroatoms. The van der Waals surface area contributed by atoms with Crippen LogP contribution in [0.1, 0.15) is 6.92 Å². The minimum atomic E-state index is -4.06. The van der Waals surface area contributed by atoms with E-state index in [1.165, 1.54) is 0 Å². The summed E-state index contributed by atoms with van der Waals surface area (Å²) in [7, 11) is 0. The van der Waals surface area contributed by atoms with Crippen molar-refractivity contribution in [1.82, 2.24) is 9.80 Å². The first-order valence-corrected chi connectivity index (χ1v) is 8.18. The number of hydrogen-bond acceptors (Lipinski definition) is 5. The Labute approximate surface area is 131 Å². The SMILES string of the molecule is CC1CN=C(N2CCN(CCOCC(F)(F)C(F)F)CC2)S1. The summed E-state index contributed by atoms with van der Waals surface area (Å²) in [6.07, 6.45) is -3.68. The van der Waals surface area contributed by atoms with Crippen molar-refractivity contribution in [3.8, 4) is 0 Å². The molecule has 0 aromatic rings. The summed E-state index contributed by atoms with van der Waals surface area (Å²) >= 11 is 1.78. The molecule has 1 saturated heterocycles. The molecule has 128 valence electrons. The lowest BCUT2D eigenvalue weighted by molar-refractivity contribution is -0.166. The normalized spacial score (nSPS) is 24.2. The fourth-order valence-corrected chi connectivity index (χ4v) is 3.25. The van der Waals surface area contributed by atoms with Gasteiger partial charge in [-0.15, -0.1) is 0 Å². The highest BCUT2D eigenvalue weighted by molar-refractivity contribution is 8.14. The Morgan fingerprint density at radius 3 is 2.55 bits per heavy atom. The summed E-state index contributed by atoms with van der Waals surface area (Å²) in [6.45, 7) is 5.55. The Morgan fingerprint density at radius 1 is 1.32 bits per heavy atom. The molecular weight excluding hydrogens is 322 g/mol. The molecule has 2 aliphatic rings. The summed E-state index contributed by atoms with van der Waals surface area (Å²) in [6, 6.07) is 0. The molecule has 2 rings (SSSR count). The molecule has 0 N–H and O–H groups in total. The van der Waals surface area contributed by atoms with Gasteiger partial charge in [-0.3, -0.25) is 9.89 Å². The topological polar surface area (TPSA) is 28.1 Å². The van der Waals surface area contributed by atoms with E-state index in [2.05, 4.69) is 21.7 Å². The molecule has 2 aliphatic heterocycles. The van der Waals surface area contributed by atoms with Gasteiger partial charge in [0.1, 0.15) is 6.61 Å². The Hall–Kier alpha value is -0.540. The lowest BCUT2D eigenvalue weighted by atomic mass is 10.3. The molecule has 0 aromatic heterocycles. The molecule has 1 fully saturated rings. The zero-order valence-corrected chi connectivity index (χ0v) is 13.3. The van der Waals surface area contributed by atoms with Gasteiger partial charge in [-0.25, -0.2) is 8.78 Å². The molecule has 2 heterocycles. The highest BCUT2D eigenvalue weighted by atomic mass is 32.2. The predicted octanol–water partition coefficient (Wildman–Crippen LogP) is 2.01. The zero-order valence-electron chi connectivity index (χ0n) is 12.5. The first-order valence-electron chi connectivity index (χ1n) is 7.30. The molecule has 0 bridgehead atoms. The first kappa shape index (κ1) is 17.8. The van der Waals surface area contributed by atoms with E-state index in [0.29, 0.717) is 11.8 Å². The summed E-state index contributed by atoms with van der Waals surface area (Å²) in [5.74, 6) is -4.06. The number of rotatable bonds is 6. The zero-order chi connectivity index (χ0) is 16.2.